The van der Waals surface area contributed by atoms with E-state index in [1.54, 1.807) is 0 Å². The normalized spacial score (nSPS) is 14.2. The van der Waals surface area contributed by atoms with Gasteiger partial charge in [0.05, 0.1) is 6.04 Å². The van der Waals surface area contributed by atoms with Gasteiger partial charge in [-0.25, -0.2) is 4.79 Å². The van der Waals surface area contributed by atoms with Crippen molar-refractivity contribution >= 4 is 6.03 Å². The molecule has 1 aliphatic heterocycles. The highest BCUT2D eigenvalue weighted by Gasteiger charge is 2.14. The first kappa shape index (κ1) is 15.3. The maximum absolute atomic E-state index is 12.0. The molecule has 2 aromatic rings. The Morgan fingerprint density at radius 3 is 2.70 bits per heavy atom. The molecule has 6 heteroatoms. The molecule has 6 nitrogen and oxygen atoms in total. The number of benzene rings is 1. The molecule has 23 heavy (non-hydrogen) atoms. The van der Waals surface area contributed by atoms with Gasteiger partial charge in [0, 0.05) is 6.54 Å². The van der Waals surface area contributed by atoms with Crippen LogP contribution in [0.3, 0.4) is 0 Å². The summed E-state index contributed by atoms with van der Waals surface area (Å²) in [6.45, 7) is 5.27. The molecule has 0 radical (unpaired) electrons. The SMILES string of the molecule is Cc1ccc([C@H](C)NC(=O)NCc2ccc3c(c2)OCCO3)o1. The molecule has 2 heterocycles. The van der Waals surface area contributed by atoms with Gasteiger partial charge in [-0.1, -0.05) is 6.07 Å². The summed E-state index contributed by atoms with van der Waals surface area (Å²) < 4.78 is 16.5. The van der Waals surface area contributed by atoms with Crippen molar-refractivity contribution in [3.8, 4) is 11.5 Å². The molecule has 1 aromatic carbocycles. The zero-order chi connectivity index (χ0) is 16.2. The lowest BCUT2D eigenvalue weighted by molar-refractivity contribution is 0.171. The van der Waals surface area contributed by atoms with Crippen molar-refractivity contribution in [1.82, 2.24) is 10.6 Å². The second-order valence-corrected chi connectivity index (χ2v) is 5.48. The van der Waals surface area contributed by atoms with E-state index in [0.29, 0.717) is 19.8 Å². The summed E-state index contributed by atoms with van der Waals surface area (Å²) in [5.74, 6) is 3.02. The highest BCUT2D eigenvalue weighted by atomic mass is 16.6. The zero-order valence-electron chi connectivity index (χ0n) is 13.2. The average Bonchev–Trinajstić information content (AvgIpc) is 2.99. The van der Waals surface area contributed by atoms with E-state index in [2.05, 4.69) is 10.6 Å². The molecule has 0 spiro atoms. The number of fused-ring (bicyclic) bond motifs is 1. The predicted octanol–water partition coefficient (Wildman–Crippen LogP) is 2.92. The molecule has 0 saturated carbocycles. The Morgan fingerprint density at radius 1 is 1.17 bits per heavy atom. The molecule has 0 unspecified atom stereocenters. The van der Waals surface area contributed by atoms with Crippen LogP contribution in [0.5, 0.6) is 11.5 Å². The molecule has 1 aliphatic rings. The Labute approximate surface area is 134 Å². The molecule has 0 saturated heterocycles. The number of aryl methyl sites for hydroxylation is 1. The van der Waals surface area contributed by atoms with Gasteiger partial charge in [-0.2, -0.15) is 0 Å². The molecule has 2 amide bonds. The summed E-state index contributed by atoms with van der Waals surface area (Å²) >= 11 is 0. The molecule has 3 rings (SSSR count). The van der Waals surface area contributed by atoms with Crippen LogP contribution in [0.15, 0.2) is 34.7 Å². The molecule has 1 aromatic heterocycles. The Hall–Kier alpha value is -2.63. The Bertz CT molecular complexity index is 696. The summed E-state index contributed by atoms with van der Waals surface area (Å²) in [7, 11) is 0. The van der Waals surface area contributed by atoms with Gasteiger partial charge in [0.25, 0.3) is 0 Å². The van der Waals surface area contributed by atoms with E-state index in [1.807, 2.05) is 44.2 Å². The number of urea groups is 1. The molecular formula is C17H20N2O4. The van der Waals surface area contributed by atoms with E-state index >= 15 is 0 Å². The Kier molecular flexibility index (Phi) is 4.41. The summed E-state index contributed by atoms with van der Waals surface area (Å²) in [5.41, 5.74) is 0.950. The van der Waals surface area contributed by atoms with Crippen molar-refractivity contribution in [3.05, 3.63) is 47.4 Å². The van der Waals surface area contributed by atoms with Crippen molar-refractivity contribution < 1.29 is 18.7 Å². The van der Waals surface area contributed by atoms with E-state index in [0.717, 1.165) is 28.6 Å². The zero-order valence-corrected chi connectivity index (χ0v) is 13.2. The van der Waals surface area contributed by atoms with E-state index in [4.69, 9.17) is 13.9 Å². The standard InChI is InChI=1S/C17H20N2O4/c1-11-3-5-14(23-11)12(2)19-17(20)18-10-13-4-6-15-16(9-13)22-8-7-21-15/h3-6,9,12H,7-8,10H2,1-2H3,(H2,18,19,20)/t12-/m0/s1. The van der Waals surface area contributed by atoms with Crippen molar-refractivity contribution in [3.63, 3.8) is 0 Å². The molecule has 122 valence electrons. The number of hydrogen-bond donors (Lipinski definition) is 2. The number of furan rings is 1. The average molecular weight is 316 g/mol. The lowest BCUT2D eigenvalue weighted by Crippen LogP contribution is -2.36. The minimum absolute atomic E-state index is 0.191. The third-order valence-corrected chi connectivity index (χ3v) is 3.60. The highest BCUT2D eigenvalue weighted by Crippen LogP contribution is 2.30. The molecule has 0 fully saturated rings. The first-order chi connectivity index (χ1) is 11.1. The molecule has 2 N–H and O–H groups in total. The minimum Gasteiger partial charge on any atom is -0.486 e. The number of hydrogen-bond acceptors (Lipinski definition) is 4. The lowest BCUT2D eigenvalue weighted by atomic mass is 10.2. The van der Waals surface area contributed by atoms with Crippen LogP contribution in [0.2, 0.25) is 0 Å². The summed E-state index contributed by atoms with van der Waals surface area (Å²) in [6.07, 6.45) is 0. The van der Waals surface area contributed by atoms with E-state index in [-0.39, 0.29) is 12.1 Å². The summed E-state index contributed by atoms with van der Waals surface area (Å²) in [5, 5.41) is 5.67. The Balaban J connectivity index is 1.52. The van der Waals surface area contributed by atoms with Crippen molar-refractivity contribution in [2.75, 3.05) is 13.2 Å². The van der Waals surface area contributed by atoms with Crippen molar-refractivity contribution in [1.29, 1.82) is 0 Å². The second-order valence-electron chi connectivity index (χ2n) is 5.48. The highest BCUT2D eigenvalue weighted by molar-refractivity contribution is 5.74. The van der Waals surface area contributed by atoms with Gasteiger partial charge < -0.3 is 24.5 Å². The monoisotopic (exact) mass is 316 g/mol. The number of carbonyl (C=O) groups excluding carboxylic acids is 1. The topological polar surface area (TPSA) is 72.7 Å². The van der Waals surface area contributed by atoms with Gasteiger partial charge >= 0.3 is 6.03 Å². The van der Waals surface area contributed by atoms with Gasteiger partial charge in [0.15, 0.2) is 11.5 Å². The van der Waals surface area contributed by atoms with E-state index in [9.17, 15) is 4.79 Å². The molecule has 1 atom stereocenters. The molecular weight excluding hydrogens is 296 g/mol. The van der Waals surface area contributed by atoms with Gasteiger partial charge in [-0.3, -0.25) is 0 Å². The number of ether oxygens (including phenoxy) is 2. The maximum Gasteiger partial charge on any atom is 0.315 e. The van der Waals surface area contributed by atoms with Crippen LogP contribution >= 0.6 is 0 Å². The lowest BCUT2D eigenvalue weighted by Gasteiger charge is -2.19. The maximum atomic E-state index is 12.0. The number of carbonyl (C=O) groups is 1. The van der Waals surface area contributed by atoms with Crippen LogP contribution in [-0.4, -0.2) is 19.2 Å². The number of rotatable bonds is 4. The first-order valence-electron chi connectivity index (χ1n) is 7.61. The third-order valence-electron chi connectivity index (χ3n) is 3.60. The fraction of sp³-hybridized carbons (Fsp3) is 0.353. The molecule has 0 aliphatic carbocycles. The largest absolute Gasteiger partial charge is 0.486 e. The van der Waals surface area contributed by atoms with Gasteiger partial charge in [-0.05, 0) is 43.7 Å². The van der Waals surface area contributed by atoms with Gasteiger partial charge in [0.2, 0.25) is 0 Å². The van der Waals surface area contributed by atoms with E-state index in [1.165, 1.54) is 0 Å². The smallest absolute Gasteiger partial charge is 0.315 e. The van der Waals surface area contributed by atoms with Gasteiger partial charge in [0.1, 0.15) is 24.7 Å². The first-order valence-corrected chi connectivity index (χ1v) is 7.61. The fourth-order valence-corrected chi connectivity index (χ4v) is 2.39. The molecule has 0 bridgehead atoms. The van der Waals surface area contributed by atoms with Crippen molar-refractivity contribution in [2.45, 2.75) is 26.4 Å². The quantitative estimate of drug-likeness (QED) is 0.909. The number of nitrogens with one attached hydrogen (secondary N) is 2. The van der Waals surface area contributed by atoms with Crippen LogP contribution in [0.25, 0.3) is 0 Å². The van der Waals surface area contributed by atoms with Crippen LogP contribution in [0, 0.1) is 6.92 Å². The summed E-state index contributed by atoms with van der Waals surface area (Å²) in [4.78, 5) is 12.0. The Morgan fingerprint density at radius 2 is 1.96 bits per heavy atom. The number of amides is 2. The van der Waals surface area contributed by atoms with E-state index < -0.39 is 0 Å². The fourth-order valence-electron chi connectivity index (χ4n) is 2.39. The summed E-state index contributed by atoms with van der Waals surface area (Å²) in [6, 6.07) is 8.95. The minimum atomic E-state index is -0.249. The predicted molar refractivity (Wildman–Crippen MR) is 84.7 cm³/mol. The van der Waals surface area contributed by atoms with Crippen molar-refractivity contribution in [2.24, 2.45) is 0 Å². The second kappa shape index (κ2) is 6.64. The third kappa shape index (κ3) is 3.77. The van der Waals surface area contributed by atoms with Crippen LogP contribution in [0.1, 0.15) is 30.0 Å². The van der Waals surface area contributed by atoms with Crippen LogP contribution in [-0.2, 0) is 6.54 Å². The van der Waals surface area contributed by atoms with Crippen LogP contribution in [0.4, 0.5) is 4.79 Å². The van der Waals surface area contributed by atoms with Crippen LogP contribution < -0.4 is 20.1 Å². The van der Waals surface area contributed by atoms with Gasteiger partial charge in [-0.15, -0.1) is 0 Å².